The SMILES string of the molecule is O=C(O)c1cc(-n2cnc3ccccc32)cc(S(=O)(=O)N2CCCC2)c1. The normalized spacial score (nSPS) is 15.5. The maximum absolute atomic E-state index is 12.9. The standard InChI is InChI=1S/C18H17N3O4S/c22-18(23)13-9-14(21-12-19-16-5-1-2-6-17(16)21)11-15(10-13)26(24,25)20-7-3-4-8-20/h1-2,5-6,9-12H,3-4,7-8H2,(H,22,23). The van der Waals surface area contributed by atoms with E-state index in [1.807, 2.05) is 24.3 Å². The van der Waals surface area contributed by atoms with E-state index < -0.39 is 16.0 Å². The molecule has 1 aliphatic rings. The lowest BCUT2D eigenvalue weighted by molar-refractivity contribution is 0.0696. The summed E-state index contributed by atoms with van der Waals surface area (Å²) >= 11 is 0. The molecule has 1 N–H and O–H groups in total. The molecular weight excluding hydrogens is 354 g/mol. The Balaban J connectivity index is 1.91. The Kier molecular flexibility index (Phi) is 4.01. The molecule has 7 nitrogen and oxygen atoms in total. The highest BCUT2D eigenvalue weighted by Gasteiger charge is 2.28. The van der Waals surface area contributed by atoms with Crippen LogP contribution < -0.4 is 0 Å². The van der Waals surface area contributed by atoms with Crippen LogP contribution in [0.25, 0.3) is 16.7 Å². The van der Waals surface area contributed by atoms with E-state index in [0.717, 1.165) is 23.9 Å². The summed E-state index contributed by atoms with van der Waals surface area (Å²) in [6, 6.07) is 11.6. The minimum absolute atomic E-state index is 0.00733. The molecule has 0 bridgehead atoms. The molecular formula is C18H17N3O4S. The number of hydrogen-bond donors (Lipinski definition) is 1. The number of aromatic carboxylic acids is 1. The van der Waals surface area contributed by atoms with E-state index in [0.29, 0.717) is 18.8 Å². The van der Waals surface area contributed by atoms with Gasteiger partial charge in [-0.05, 0) is 43.2 Å². The number of rotatable bonds is 4. The first kappa shape index (κ1) is 16.7. The molecule has 1 saturated heterocycles. The van der Waals surface area contributed by atoms with E-state index in [4.69, 9.17) is 0 Å². The lowest BCUT2D eigenvalue weighted by Crippen LogP contribution is -2.28. The zero-order chi connectivity index (χ0) is 18.3. The summed E-state index contributed by atoms with van der Waals surface area (Å²) in [5.41, 5.74) is 1.91. The summed E-state index contributed by atoms with van der Waals surface area (Å²) in [5, 5.41) is 9.44. The molecule has 134 valence electrons. The van der Waals surface area contributed by atoms with Crippen molar-refractivity contribution in [2.24, 2.45) is 0 Å². The van der Waals surface area contributed by atoms with Gasteiger partial charge in [-0.15, -0.1) is 0 Å². The van der Waals surface area contributed by atoms with Crippen LogP contribution in [0.3, 0.4) is 0 Å². The Hall–Kier alpha value is -2.71. The summed E-state index contributed by atoms with van der Waals surface area (Å²) in [6.45, 7) is 0.923. The van der Waals surface area contributed by atoms with Crippen LogP contribution in [-0.2, 0) is 10.0 Å². The van der Waals surface area contributed by atoms with E-state index in [-0.39, 0.29) is 10.5 Å². The Bertz CT molecular complexity index is 1100. The van der Waals surface area contributed by atoms with Gasteiger partial charge in [0.15, 0.2) is 0 Å². The van der Waals surface area contributed by atoms with Crippen LogP contribution in [0, 0.1) is 0 Å². The fourth-order valence-corrected chi connectivity index (χ4v) is 4.82. The molecule has 4 rings (SSSR count). The number of hydrogen-bond acceptors (Lipinski definition) is 4. The number of carboxylic acids is 1. The first-order valence-electron chi connectivity index (χ1n) is 8.28. The van der Waals surface area contributed by atoms with Crippen molar-refractivity contribution in [2.75, 3.05) is 13.1 Å². The Morgan fingerprint density at radius 3 is 2.54 bits per heavy atom. The van der Waals surface area contributed by atoms with Crippen molar-refractivity contribution in [3.8, 4) is 5.69 Å². The van der Waals surface area contributed by atoms with E-state index in [2.05, 4.69) is 4.98 Å². The predicted octanol–water partition coefficient (Wildman–Crippen LogP) is 2.51. The number of fused-ring (bicyclic) bond motifs is 1. The number of para-hydroxylation sites is 2. The van der Waals surface area contributed by atoms with E-state index >= 15 is 0 Å². The van der Waals surface area contributed by atoms with Crippen LogP contribution in [0.2, 0.25) is 0 Å². The number of aromatic nitrogens is 2. The zero-order valence-corrected chi connectivity index (χ0v) is 14.7. The lowest BCUT2D eigenvalue weighted by Gasteiger charge is -2.17. The second kappa shape index (κ2) is 6.22. The Morgan fingerprint density at radius 1 is 1.08 bits per heavy atom. The maximum Gasteiger partial charge on any atom is 0.335 e. The highest BCUT2D eigenvalue weighted by Crippen LogP contribution is 2.26. The molecule has 1 aliphatic heterocycles. The predicted molar refractivity (Wildman–Crippen MR) is 96.0 cm³/mol. The summed E-state index contributed by atoms with van der Waals surface area (Å²) < 4.78 is 28.9. The summed E-state index contributed by atoms with van der Waals surface area (Å²) in [5.74, 6) is -1.17. The lowest BCUT2D eigenvalue weighted by atomic mass is 10.2. The number of benzene rings is 2. The molecule has 2 heterocycles. The summed E-state index contributed by atoms with van der Waals surface area (Å²) in [7, 11) is -3.73. The molecule has 2 aromatic carbocycles. The number of sulfonamides is 1. The van der Waals surface area contributed by atoms with Crippen molar-refractivity contribution < 1.29 is 18.3 Å². The van der Waals surface area contributed by atoms with Crippen LogP contribution in [0.15, 0.2) is 53.7 Å². The summed E-state index contributed by atoms with van der Waals surface area (Å²) in [4.78, 5) is 15.8. The molecule has 0 saturated carbocycles. The van der Waals surface area contributed by atoms with Crippen LogP contribution in [0.4, 0.5) is 0 Å². The second-order valence-corrected chi connectivity index (χ2v) is 8.17. The van der Waals surface area contributed by atoms with Crippen molar-refractivity contribution in [2.45, 2.75) is 17.7 Å². The number of carbonyl (C=O) groups is 1. The zero-order valence-electron chi connectivity index (χ0n) is 13.9. The molecule has 1 fully saturated rings. The van der Waals surface area contributed by atoms with E-state index in [1.165, 1.54) is 22.5 Å². The molecule has 26 heavy (non-hydrogen) atoms. The molecule has 0 unspecified atom stereocenters. The van der Waals surface area contributed by atoms with Gasteiger partial charge in [-0.3, -0.25) is 4.57 Å². The van der Waals surface area contributed by atoms with Gasteiger partial charge in [0.05, 0.1) is 21.5 Å². The molecule has 0 atom stereocenters. The van der Waals surface area contributed by atoms with Crippen molar-refractivity contribution in [1.82, 2.24) is 13.9 Å². The van der Waals surface area contributed by atoms with Crippen molar-refractivity contribution in [3.05, 3.63) is 54.4 Å². The van der Waals surface area contributed by atoms with Crippen molar-refractivity contribution >= 4 is 27.0 Å². The van der Waals surface area contributed by atoms with Gasteiger partial charge >= 0.3 is 5.97 Å². The third-order valence-corrected chi connectivity index (χ3v) is 6.45. The third-order valence-electron chi connectivity index (χ3n) is 4.57. The second-order valence-electron chi connectivity index (χ2n) is 6.24. The smallest absolute Gasteiger partial charge is 0.335 e. The maximum atomic E-state index is 12.9. The molecule has 1 aromatic heterocycles. The van der Waals surface area contributed by atoms with Gasteiger partial charge in [-0.1, -0.05) is 12.1 Å². The molecule has 8 heteroatoms. The molecule has 0 spiro atoms. The van der Waals surface area contributed by atoms with Crippen molar-refractivity contribution in [1.29, 1.82) is 0 Å². The highest BCUT2D eigenvalue weighted by molar-refractivity contribution is 7.89. The minimum Gasteiger partial charge on any atom is -0.478 e. The van der Waals surface area contributed by atoms with E-state index in [9.17, 15) is 18.3 Å². The number of imidazole rings is 1. The average molecular weight is 371 g/mol. The molecule has 0 radical (unpaired) electrons. The first-order chi connectivity index (χ1) is 12.5. The topological polar surface area (TPSA) is 92.5 Å². The van der Waals surface area contributed by atoms with Crippen LogP contribution in [-0.4, -0.2) is 46.4 Å². The van der Waals surface area contributed by atoms with Crippen LogP contribution >= 0.6 is 0 Å². The van der Waals surface area contributed by atoms with Gasteiger partial charge < -0.3 is 5.11 Å². The monoisotopic (exact) mass is 371 g/mol. The molecule has 0 aliphatic carbocycles. The highest BCUT2D eigenvalue weighted by atomic mass is 32.2. The van der Waals surface area contributed by atoms with Gasteiger partial charge in [-0.25, -0.2) is 18.2 Å². The minimum atomic E-state index is -3.73. The van der Waals surface area contributed by atoms with Gasteiger partial charge in [-0.2, -0.15) is 4.31 Å². The first-order valence-corrected chi connectivity index (χ1v) is 9.72. The Labute approximate surface area is 150 Å². The van der Waals surface area contributed by atoms with Crippen LogP contribution in [0.5, 0.6) is 0 Å². The number of nitrogens with zero attached hydrogens (tertiary/aromatic N) is 3. The summed E-state index contributed by atoms with van der Waals surface area (Å²) in [6.07, 6.45) is 3.20. The van der Waals surface area contributed by atoms with Gasteiger partial charge in [0.25, 0.3) is 0 Å². The van der Waals surface area contributed by atoms with E-state index in [1.54, 1.807) is 10.9 Å². The van der Waals surface area contributed by atoms with Crippen LogP contribution in [0.1, 0.15) is 23.2 Å². The fraction of sp³-hybridized carbons (Fsp3) is 0.222. The number of carboxylic acid groups (broad SMARTS) is 1. The average Bonchev–Trinajstić information content (AvgIpc) is 3.31. The fourth-order valence-electron chi connectivity index (χ4n) is 3.24. The third kappa shape index (κ3) is 2.77. The van der Waals surface area contributed by atoms with Gasteiger partial charge in [0, 0.05) is 18.8 Å². The van der Waals surface area contributed by atoms with Gasteiger partial charge in [0.1, 0.15) is 6.33 Å². The molecule has 3 aromatic rings. The van der Waals surface area contributed by atoms with Gasteiger partial charge in [0.2, 0.25) is 10.0 Å². The largest absolute Gasteiger partial charge is 0.478 e. The Morgan fingerprint density at radius 2 is 1.81 bits per heavy atom. The quantitative estimate of drug-likeness (QED) is 0.761. The molecule has 0 amide bonds. The van der Waals surface area contributed by atoms with Crippen molar-refractivity contribution in [3.63, 3.8) is 0 Å².